The van der Waals surface area contributed by atoms with Gasteiger partial charge in [0.2, 0.25) is 0 Å². The van der Waals surface area contributed by atoms with Crippen LogP contribution in [0, 0.1) is 12.7 Å². The fourth-order valence-electron chi connectivity index (χ4n) is 1.83. The summed E-state index contributed by atoms with van der Waals surface area (Å²) in [5.74, 6) is -0.505. The lowest BCUT2D eigenvalue weighted by molar-refractivity contribution is 0.318. The van der Waals surface area contributed by atoms with Gasteiger partial charge in [0.15, 0.2) is 5.84 Å². The molecule has 0 amide bonds. The van der Waals surface area contributed by atoms with Gasteiger partial charge in [-0.15, -0.1) is 11.3 Å². The normalized spacial score (nSPS) is 13.4. The highest BCUT2D eigenvalue weighted by molar-refractivity contribution is 7.11. The number of nitrogens with two attached hydrogens (primary N) is 1. The second-order valence-corrected chi connectivity index (χ2v) is 5.97. The Morgan fingerprint density at radius 2 is 2.33 bits per heavy atom. The standard InChI is InChI=1S/C14H17FN4OS/c1-8-6-18-14(21-8)9(2)17-7-11-4-3-10(5-12(11)15)13(16)19-20/h3-6,9,17,20H,7H2,1-2H3,(H2,16,19). The molecule has 0 aliphatic carbocycles. The van der Waals surface area contributed by atoms with Crippen LogP contribution in [0.3, 0.4) is 0 Å². The number of nitrogens with zero attached hydrogens (tertiary/aromatic N) is 2. The largest absolute Gasteiger partial charge is 0.409 e. The molecule has 0 aliphatic rings. The van der Waals surface area contributed by atoms with Crippen molar-refractivity contribution in [3.05, 3.63) is 51.2 Å². The highest BCUT2D eigenvalue weighted by atomic mass is 32.1. The van der Waals surface area contributed by atoms with Crippen molar-refractivity contribution in [1.82, 2.24) is 10.3 Å². The molecule has 0 aliphatic heterocycles. The van der Waals surface area contributed by atoms with E-state index in [0.29, 0.717) is 17.7 Å². The minimum absolute atomic E-state index is 0.0480. The van der Waals surface area contributed by atoms with Crippen LogP contribution < -0.4 is 11.1 Å². The highest BCUT2D eigenvalue weighted by Crippen LogP contribution is 2.20. The number of aromatic nitrogens is 1. The lowest BCUT2D eigenvalue weighted by atomic mass is 10.1. The maximum absolute atomic E-state index is 14.0. The van der Waals surface area contributed by atoms with Crippen LogP contribution in [-0.4, -0.2) is 16.0 Å². The first kappa shape index (κ1) is 15.4. The number of halogens is 1. The van der Waals surface area contributed by atoms with Gasteiger partial charge in [0, 0.05) is 28.7 Å². The molecule has 0 saturated heterocycles. The zero-order valence-corrected chi connectivity index (χ0v) is 12.6. The van der Waals surface area contributed by atoms with Crippen LogP contribution in [0.4, 0.5) is 4.39 Å². The molecular weight excluding hydrogens is 291 g/mol. The third kappa shape index (κ3) is 3.77. The van der Waals surface area contributed by atoms with Crippen LogP contribution in [0.15, 0.2) is 29.6 Å². The van der Waals surface area contributed by atoms with Gasteiger partial charge in [-0.1, -0.05) is 17.3 Å². The molecule has 4 N–H and O–H groups in total. The van der Waals surface area contributed by atoms with Crippen molar-refractivity contribution >= 4 is 17.2 Å². The number of hydrogen-bond acceptors (Lipinski definition) is 5. The number of aryl methyl sites for hydroxylation is 1. The third-order valence-corrected chi connectivity index (χ3v) is 4.16. The summed E-state index contributed by atoms with van der Waals surface area (Å²) < 4.78 is 14.0. The molecule has 7 heteroatoms. The molecule has 1 heterocycles. The lowest BCUT2D eigenvalue weighted by Gasteiger charge is -2.12. The quantitative estimate of drug-likeness (QED) is 0.343. The van der Waals surface area contributed by atoms with E-state index < -0.39 is 5.82 Å². The maximum Gasteiger partial charge on any atom is 0.170 e. The summed E-state index contributed by atoms with van der Waals surface area (Å²) in [6.45, 7) is 4.36. The monoisotopic (exact) mass is 308 g/mol. The number of thiazole rings is 1. The predicted octanol–water partition coefficient (Wildman–Crippen LogP) is 2.54. The smallest absolute Gasteiger partial charge is 0.170 e. The van der Waals surface area contributed by atoms with E-state index in [9.17, 15) is 4.39 Å². The predicted molar refractivity (Wildman–Crippen MR) is 81.0 cm³/mol. The zero-order chi connectivity index (χ0) is 15.4. The van der Waals surface area contributed by atoms with Crippen molar-refractivity contribution < 1.29 is 9.60 Å². The number of rotatable bonds is 5. The lowest BCUT2D eigenvalue weighted by Crippen LogP contribution is -2.19. The Balaban J connectivity index is 2.03. The van der Waals surface area contributed by atoms with Crippen molar-refractivity contribution in [2.24, 2.45) is 10.9 Å². The molecule has 21 heavy (non-hydrogen) atoms. The Morgan fingerprint density at radius 1 is 1.57 bits per heavy atom. The summed E-state index contributed by atoms with van der Waals surface area (Å²) in [7, 11) is 0. The first-order valence-corrected chi connectivity index (χ1v) is 7.25. The van der Waals surface area contributed by atoms with Crippen molar-refractivity contribution in [3.63, 3.8) is 0 Å². The molecule has 2 aromatic rings. The van der Waals surface area contributed by atoms with Gasteiger partial charge in [-0.2, -0.15) is 0 Å². The second-order valence-electron chi connectivity index (χ2n) is 4.70. The molecule has 1 aromatic carbocycles. The molecule has 1 atom stereocenters. The van der Waals surface area contributed by atoms with E-state index in [4.69, 9.17) is 10.9 Å². The molecule has 5 nitrogen and oxygen atoms in total. The van der Waals surface area contributed by atoms with Crippen molar-refractivity contribution in [2.45, 2.75) is 26.4 Å². The van der Waals surface area contributed by atoms with Crippen LogP contribution in [0.25, 0.3) is 0 Å². The van der Waals surface area contributed by atoms with Crippen molar-refractivity contribution in [3.8, 4) is 0 Å². The molecule has 112 valence electrons. The van der Waals surface area contributed by atoms with E-state index in [0.717, 1.165) is 9.88 Å². The number of hydrogen-bond donors (Lipinski definition) is 3. The Kier molecular flexibility index (Phi) is 4.87. The fourth-order valence-corrected chi connectivity index (χ4v) is 2.63. The molecule has 0 saturated carbocycles. The van der Waals surface area contributed by atoms with E-state index in [1.807, 2.05) is 20.0 Å². The molecule has 2 rings (SSSR count). The van der Waals surface area contributed by atoms with Crippen LogP contribution >= 0.6 is 11.3 Å². The summed E-state index contributed by atoms with van der Waals surface area (Å²) in [5, 5.41) is 15.6. The van der Waals surface area contributed by atoms with Gasteiger partial charge in [-0.25, -0.2) is 9.37 Å². The first-order chi connectivity index (χ1) is 10.0. The molecule has 0 bridgehead atoms. The number of nitrogens with one attached hydrogen (secondary N) is 1. The summed E-state index contributed by atoms with van der Waals surface area (Å²) in [6, 6.07) is 4.54. The molecular formula is C14H17FN4OS. The van der Waals surface area contributed by atoms with Gasteiger partial charge < -0.3 is 16.3 Å². The average Bonchev–Trinajstić information content (AvgIpc) is 2.91. The van der Waals surface area contributed by atoms with Gasteiger partial charge in [-0.05, 0) is 19.9 Å². The first-order valence-electron chi connectivity index (χ1n) is 6.43. The highest BCUT2D eigenvalue weighted by Gasteiger charge is 2.11. The van der Waals surface area contributed by atoms with Gasteiger partial charge >= 0.3 is 0 Å². The topological polar surface area (TPSA) is 83.5 Å². The average molecular weight is 308 g/mol. The van der Waals surface area contributed by atoms with E-state index >= 15 is 0 Å². The molecule has 1 unspecified atom stereocenters. The minimum Gasteiger partial charge on any atom is -0.409 e. The van der Waals surface area contributed by atoms with Crippen LogP contribution in [0.1, 0.15) is 34.0 Å². The fraction of sp³-hybridized carbons (Fsp3) is 0.286. The Morgan fingerprint density at radius 3 is 2.90 bits per heavy atom. The van der Waals surface area contributed by atoms with Gasteiger partial charge in [0.05, 0.1) is 6.04 Å². The van der Waals surface area contributed by atoms with Gasteiger partial charge in [0.1, 0.15) is 10.8 Å². The van der Waals surface area contributed by atoms with Crippen LogP contribution in [-0.2, 0) is 6.54 Å². The number of benzene rings is 1. The minimum atomic E-state index is -0.394. The second kappa shape index (κ2) is 6.64. The Hall–Kier alpha value is -1.99. The van der Waals surface area contributed by atoms with E-state index in [2.05, 4.69) is 15.5 Å². The van der Waals surface area contributed by atoms with Crippen LogP contribution in [0.5, 0.6) is 0 Å². The summed E-state index contributed by atoms with van der Waals surface area (Å²) in [5.41, 5.74) is 6.29. The maximum atomic E-state index is 14.0. The van der Waals surface area contributed by atoms with Crippen LogP contribution in [0.2, 0.25) is 0 Å². The molecule has 1 aromatic heterocycles. The number of oxime groups is 1. The third-order valence-electron chi connectivity index (χ3n) is 3.06. The van der Waals surface area contributed by atoms with Crippen molar-refractivity contribution in [2.75, 3.05) is 0 Å². The van der Waals surface area contributed by atoms with Gasteiger partial charge in [-0.3, -0.25) is 0 Å². The molecule has 0 radical (unpaired) electrons. The van der Waals surface area contributed by atoms with E-state index in [1.54, 1.807) is 23.5 Å². The number of amidine groups is 1. The van der Waals surface area contributed by atoms with Crippen molar-refractivity contribution in [1.29, 1.82) is 0 Å². The molecule has 0 spiro atoms. The Labute approximate surface area is 126 Å². The zero-order valence-electron chi connectivity index (χ0n) is 11.8. The SMILES string of the molecule is Cc1cnc(C(C)NCc2ccc(/C(N)=N/O)cc2F)s1. The van der Waals surface area contributed by atoms with E-state index in [1.165, 1.54) is 6.07 Å². The summed E-state index contributed by atoms with van der Waals surface area (Å²) >= 11 is 1.62. The van der Waals surface area contributed by atoms with Gasteiger partial charge in [0.25, 0.3) is 0 Å². The van der Waals surface area contributed by atoms with E-state index in [-0.39, 0.29) is 11.9 Å². The summed E-state index contributed by atoms with van der Waals surface area (Å²) in [4.78, 5) is 5.45. The summed E-state index contributed by atoms with van der Waals surface area (Å²) in [6.07, 6.45) is 1.82. The molecule has 0 fully saturated rings. The Bertz CT molecular complexity index is 656.